The van der Waals surface area contributed by atoms with Crippen LogP contribution in [0.15, 0.2) is 30.3 Å². The minimum Gasteiger partial charge on any atom is -0.0654 e. The minimum absolute atomic E-state index is 1.32. The van der Waals surface area contributed by atoms with Crippen molar-refractivity contribution >= 4 is 0 Å². The van der Waals surface area contributed by atoms with E-state index in [1.807, 2.05) is 18.2 Å². The molecule has 1 rings (SSSR count). The molecule has 0 saturated heterocycles. The summed E-state index contributed by atoms with van der Waals surface area (Å²) in [6.07, 6.45) is 5.54. The van der Waals surface area contributed by atoms with Crippen LogP contribution in [0.2, 0.25) is 0 Å². The second-order valence-corrected chi connectivity index (χ2v) is 3.36. The summed E-state index contributed by atoms with van der Waals surface area (Å²) >= 11 is 0. The summed E-state index contributed by atoms with van der Waals surface area (Å²) < 4.78 is 0. The average molecular weight is 178 g/mol. The van der Waals surface area contributed by atoms with Crippen molar-refractivity contribution in [3.8, 4) is 0 Å². The lowest BCUT2D eigenvalue weighted by molar-refractivity contribution is 0.702. The van der Waals surface area contributed by atoms with Gasteiger partial charge in [0, 0.05) is 0 Å². The predicted molar refractivity (Wildman–Crippen MR) is 61.0 cm³/mol. The van der Waals surface area contributed by atoms with Crippen molar-refractivity contribution < 1.29 is 0 Å². The predicted octanol–water partition coefficient (Wildman–Crippen LogP) is 4.58. The Morgan fingerprint density at radius 3 is 1.54 bits per heavy atom. The standard InChI is InChI=1S/C7H8.C6H14/c1-7-5-3-2-4-6-7;1-3-5-6-4-2/h2-6H,1H3;3-6H2,1-2H3. The number of rotatable bonds is 3. The highest BCUT2D eigenvalue weighted by Gasteiger charge is 1.75. The van der Waals surface area contributed by atoms with E-state index in [1.54, 1.807) is 0 Å². The third-order valence-corrected chi connectivity index (χ3v) is 1.90. The summed E-state index contributed by atoms with van der Waals surface area (Å²) in [7, 11) is 0. The molecule has 0 saturated carbocycles. The summed E-state index contributed by atoms with van der Waals surface area (Å²) in [6.45, 7) is 6.55. The van der Waals surface area contributed by atoms with Crippen LogP contribution in [-0.2, 0) is 0 Å². The molecule has 0 bridgehead atoms. The number of unbranched alkanes of at least 4 members (excludes halogenated alkanes) is 3. The molecule has 0 unspecified atom stereocenters. The topological polar surface area (TPSA) is 0 Å². The molecular weight excluding hydrogens is 156 g/mol. The molecule has 74 valence electrons. The van der Waals surface area contributed by atoms with E-state index in [-0.39, 0.29) is 0 Å². The van der Waals surface area contributed by atoms with E-state index in [0.29, 0.717) is 0 Å². The zero-order chi connectivity index (χ0) is 9.94. The molecule has 0 aliphatic rings. The van der Waals surface area contributed by atoms with Gasteiger partial charge in [0.25, 0.3) is 0 Å². The molecule has 0 atom stereocenters. The monoisotopic (exact) mass is 178 g/mol. The fourth-order valence-electron chi connectivity index (χ4n) is 1.03. The van der Waals surface area contributed by atoms with Gasteiger partial charge in [0.05, 0.1) is 0 Å². The van der Waals surface area contributed by atoms with Crippen molar-refractivity contribution in [3.05, 3.63) is 35.9 Å². The Morgan fingerprint density at radius 1 is 0.846 bits per heavy atom. The molecule has 0 N–H and O–H groups in total. The molecule has 0 nitrogen and oxygen atoms in total. The number of hydrogen-bond acceptors (Lipinski definition) is 0. The van der Waals surface area contributed by atoms with Gasteiger partial charge in [-0.1, -0.05) is 75.4 Å². The maximum absolute atomic E-state index is 2.23. The minimum atomic E-state index is 1.32. The fraction of sp³-hybridized carbons (Fsp3) is 0.538. The first-order chi connectivity index (χ1) is 6.31. The lowest BCUT2D eigenvalue weighted by atomic mass is 10.2. The van der Waals surface area contributed by atoms with Gasteiger partial charge in [-0.2, -0.15) is 0 Å². The third kappa shape index (κ3) is 9.13. The Labute approximate surface area is 83.0 Å². The highest BCUT2D eigenvalue weighted by Crippen LogP contribution is 1.95. The lowest BCUT2D eigenvalue weighted by Gasteiger charge is -1.86. The van der Waals surface area contributed by atoms with Crippen molar-refractivity contribution in [2.24, 2.45) is 0 Å². The summed E-state index contributed by atoms with van der Waals surface area (Å²) in [4.78, 5) is 0. The van der Waals surface area contributed by atoms with Crippen molar-refractivity contribution in [2.75, 3.05) is 0 Å². The average Bonchev–Trinajstić information content (AvgIpc) is 2.17. The number of aryl methyl sites for hydroxylation is 1. The van der Waals surface area contributed by atoms with Gasteiger partial charge in [0.15, 0.2) is 0 Å². The van der Waals surface area contributed by atoms with Crippen LogP contribution in [0.4, 0.5) is 0 Å². The van der Waals surface area contributed by atoms with Crippen LogP contribution in [0.3, 0.4) is 0 Å². The van der Waals surface area contributed by atoms with Crippen molar-refractivity contribution in [2.45, 2.75) is 46.5 Å². The second kappa shape index (κ2) is 9.31. The van der Waals surface area contributed by atoms with Crippen molar-refractivity contribution in [3.63, 3.8) is 0 Å². The molecule has 0 spiro atoms. The van der Waals surface area contributed by atoms with E-state index in [9.17, 15) is 0 Å². The van der Waals surface area contributed by atoms with Crippen LogP contribution in [0.1, 0.15) is 45.1 Å². The van der Waals surface area contributed by atoms with Gasteiger partial charge >= 0.3 is 0 Å². The number of hydrogen-bond donors (Lipinski definition) is 0. The summed E-state index contributed by atoms with van der Waals surface area (Å²) in [6, 6.07) is 10.3. The summed E-state index contributed by atoms with van der Waals surface area (Å²) in [5.74, 6) is 0. The first kappa shape index (κ1) is 12.2. The smallest absolute Gasteiger partial charge is 0.0398 e. The van der Waals surface area contributed by atoms with Crippen molar-refractivity contribution in [1.29, 1.82) is 0 Å². The molecule has 0 aliphatic carbocycles. The van der Waals surface area contributed by atoms with Gasteiger partial charge in [0.1, 0.15) is 0 Å². The number of benzene rings is 1. The molecule has 0 fully saturated rings. The van der Waals surface area contributed by atoms with Crippen LogP contribution in [0.25, 0.3) is 0 Å². The van der Waals surface area contributed by atoms with E-state index in [0.717, 1.165) is 0 Å². The molecule has 0 aromatic heterocycles. The Hall–Kier alpha value is -0.780. The van der Waals surface area contributed by atoms with Gasteiger partial charge in [-0.15, -0.1) is 0 Å². The second-order valence-electron chi connectivity index (χ2n) is 3.36. The maximum atomic E-state index is 2.23. The van der Waals surface area contributed by atoms with Gasteiger partial charge in [-0.3, -0.25) is 0 Å². The van der Waals surface area contributed by atoms with Crippen molar-refractivity contribution in [1.82, 2.24) is 0 Å². The molecule has 0 aliphatic heterocycles. The van der Waals surface area contributed by atoms with Crippen LogP contribution in [-0.4, -0.2) is 0 Å². The Bertz CT molecular complexity index is 172. The first-order valence-electron chi connectivity index (χ1n) is 5.32. The normalized spacial score (nSPS) is 8.85. The molecular formula is C13H22. The Balaban J connectivity index is 0.000000226. The molecule has 1 aromatic rings. The summed E-state index contributed by atoms with van der Waals surface area (Å²) in [5.41, 5.74) is 1.32. The first-order valence-corrected chi connectivity index (χ1v) is 5.32. The van der Waals surface area contributed by atoms with E-state index in [4.69, 9.17) is 0 Å². The highest BCUT2D eigenvalue weighted by atomic mass is 13.8. The SMILES string of the molecule is CCCCCC.Cc1ccccc1. The van der Waals surface area contributed by atoms with Gasteiger partial charge in [-0.05, 0) is 6.92 Å². The quantitative estimate of drug-likeness (QED) is 0.594. The van der Waals surface area contributed by atoms with Crippen LogP contribution < -0.4 is 0 Å². The molecule has 1 aromatic carbocycles. The molecule has 0 heterocycles. The van der Waals surface area contributed by atoms with Gasteiger partial charge < -0.3 is 0 Å². The summed E-state index contributed by atoms with van der Waals surface area (Å²) in [5, 5.41) is 0. The van der Waals surface area contributed by atoms with E-state index >= 15 is 0 Å². The van der Waals surface area contributed by atoms with Crippen LogP contribution >= 0.6 is 0 Å². The van der Waals surface area contributed by atoms with Gasteiger partial charge in [0.2, 0.25) is 0 Å². The Morgan fingerprint density at radius 2 is 1.31 bits per heavy atom. The zero-order valence-corrected chi connectivity index (χ0v) is 9.22. The van der Waals surface area contributed by atoms with E-state index < -0.39 is 0 Å². The molecule has 0 heteroatoms. The zero-order valence-electron chi connectivity index (χ0n) is 9.22. The fourth-order valence-corrected chi connectivity index (χ4v) is 1.03. The van der Waals surface area contributed by atoms with E-state index in [2.05, 4.69) is 32.9 Å². The van der Waals surface area contributed by atoms with Crippen LogP contribution in [0, 0.1) is 6.92 Å². The van der Waals surface area contributed by atoms with Crippen LogP contribution in [0.5, 0.6) is 0 Å². The van der Waals surface area contributed by atoms with E-state index in [1.165, 1.54) is 31.2 Å². The maximum Gasteiger partial charge on any atom is -0.0398 e. The highest BCUT2D eigenvalue weighted by molar-refractivity contribution is 5.11. The largest absolute Gasteiger partial charge is 0.0654 e. The lowest BCUT2D eigenvalue weighted by Crippen LogP contribution is -1.66. The molecule has 13 heavy (non-hydrogen) atoms. The Kier molecular flexibility index (Phi) is 8.75. The third-order valence-electron chi connectivity index (χ3n) is 1.90. The molecule has 0 radical (unpaired) electrons. The molecule has 0 amide bonds. The van der Waals surface area contributed by atoms with Gasteiger partial charge in [-0.25, -0.2) is 0 Å².